The van der Waals surface area contributed by atoms with E-state index >= 15 is 0 Å². The van der Waals surface area contributed by atoms with Crippen molar-refractivity contribution in [2.75, 3.05) is 13.6 Å². The molecule has 0 saturated heterocycles. The fraction of sp³-hybridized carbons (Fsp3) is 0.571. The third-order valence-corrected chi connectivity index (χ3v) is 3.77. The van der Waals surface area contributed by atoms with Crippen molar-refractivity contribution in [1.29, 1.82) is 0 Å². The lowest BCUT2D eigenvalue weighted by atomic mass is 9.89. The van der Waals surface area contributed by atoms with E-state index in [-0.39, 0.29) is 11.6 Å². The van der Waals surface area contributed by atoms with Crippen molar-refractivity contribution >= 4 is 0 Å². The van der Waals surface area contributed by atoms with E-state index in [9.17, 15) is 8.78 Å². The van der Waals surface area contributed by atoms with Crippen LogP contribution in [0.4, 0.5) is 8.78 Å². The lowest BCUT2D eigenvalue weighted by molar-refractivity contribution is 0.369. The zero-order chi connectivity index (χ0) is 12.3. The molecule has 1 aliphatic carbocycles. The van der Waals surface area contributed by atoms with Crippen molar-refractivity contribution < 1.29 is 8.78 Å². The zero-order valence-electron chi connectivity index (χ0n) is 10.2. The van der Waals surface area contributed by atoms with Crippen LogP contribution in [-0.4, -0.2) is 13.6 Å². The fourth-order valence-corrected chi connectivity index (χ4v) is 2.90. The first-order valence-corrected chi connectivity index (χ1v) is 6.29. The van der Waals surface area contributed by atoms with Crippen molar-refractivity contribution in [2.24, 2.45) is 11.8 Å². The molecule has 2 unspecified atom stereocenters. The van der Waals surface area contributed by atoms with Gasteiger partial charge in [0, 0.05) is 0 Å². The Hall–Kier alpha value is -0.960. The van der Waals surface area contributed by atoms with E-state index in [0.717, 1.165) is 13.0 Å². The minimum absolute atomic E-state index is 0.276. The van der Waals surface area contributed by atoms with Gasteiger partial charge in [-0.25, -0.2) is 8.78 Å². The van der Waals surface area contributed by atoms with Crippen LogP contribution < -0.4 is 5.32 Å². The lowest BCUT2D eigenvalue weighted by Gasteiger charge is -2.19. The average Bonchev–Trinajstić information content (AvgIpc) is 2.72. The number of rotatable bonds is 4. The average molecular weight is 239 g/mol. The topological polar surface area (TPSA) is 12.0 Å². The minimum atomic E-state index is -0.343. The largest absolute Gasteiger partial charge is 0.319 e. The Morgan fingerprint density at radius 3 is 2.76 bits per heavy atom. The van der Waals surface area contributed by atoms with E-state index in [0.29, 0.717) is 23.8 Å². The van der Waals surface area contributed by atoms with Crippen molar-refractivity contribution in [2.45, 2.75) is 25.7 Å². The first-order valence-electron chi connectivity index (χ1n) is 6.29. The second kappa shape index (κ2) is 5.58. The van der Waals surface area contributed by atoms with E-state index in [1.54, 1.807) is 0 Å². The molecular formula is C14H19F2N. The predicted octanol–water partition coefficient (Wildman–Crippen LogP) is 3.14. The number of benzene rings is 1. The Labute approximate surface area is 101 Å². The number of halogens is 2. The quantitative estimate of drug-likeness (QED) is 0.851. The first kappa shape index (κ1) is 12.5. The molecule has 17 heavy (non-hydrogen) atoms. The van der Waals surface area contributed by atoms with Gasteiger partial charge in [0.05, 0.1) is 0 Å². The van der Waals surface area contributed by atoms with Gasteiger partial charge in [0.15, 0.2) is 0 Å². The maximum Gasteiger partial charge on any atom is 0.126 e. The molecular weight excluding hydrogens is 220 g/mol. The van der Waals surface area contributed by atoms with Gasteiger partial charge >= 0.3 is 0 Å². The molecule has 2 rings (SSSR count). The van der Waals surface area contributed by atoms with Gasteiger partial charge in [0.25, 0.3) is 0 Å². The summed E-state index contributed by atoms with van der Waals surface area (Å²) in [5.41, 5.74) is 0.526. The number of hydrogen-bond donors (Lipinski definition) is 1. The lowest BCUT2D eigenvalue weighted by Crippen LogP contribution is -2.23. The van der Waals surface area contributed by atoms with Gasteiger partial charge in [-0.3, -0.25) is 0 Å². The molecule has 0 heterocycles. The summed E-state index contributed by atoms with van der Waals surface area (Å²) in [6.07, 6.45) is 4.19. The Kier molecular flexibility index (Phi) is 4.11. The number of hydrogen-bond acceptors (Lipinski definition) is 1. The molecule has 0 bridgehead atoms. The van der Waals surface area contributed by atoms with Crippen molar-refractivity contribution in [1.82, 2.24) is 5.32 Å². The Balaban J connectivity index is 2.06. The minimum Gasteiger partial charge on any atom is -0.319 e. The summed E-state index contributed by atoms with van der Waals surface area (Å²) in [6, 6.07) is 3.75. The van der Waals surface area contributed by atoms with E-state index in [2.05, 4.69) is 5.32 Å². The van der Waals surface area contributed by atoms with Crippen LogP contribution >= 0.6 is 0 Å². The van der Waals surface area contributed by atoms with Crippen LogP contribution in [0.5, 0.6) is 0 Å². The molecule has 0 radical (unpaired) electrons. The summed E-state index contributed by atoms with van der Waals surface area (Å²) in [6.45, 7) is 0.974. The zero-order valence-corrected chi connectivity index (χ0v) is 10.2. The molecule has 1 saturated carbocycles. The Morgan fingerprint density at radius 1 is 1.24 bits per heavy atom. The first-order chi connectivity index (χ1) is 8.20. The molecule has 1 N–H and O–H groups in total. The fourth-order valence-electron chi connectivity index (χ4n) is 2.90. The van der Waals surface area contributed by atoms with Crippen molar-refractivity contribution in [3.05, 3.63) is 35.4 Å². The molecule has 3 heteroatoms. The highest BCUT2D eigenvalue weighted by molar-refractivity contribution is 5.19. The second-order valence-corrected chi connectivity index (χ2v) is 4.95. The van der Waals surface area contributed by atoms with Crippen LogP contribution in [0.3, 0.4) is 0 Å². The highest BCUT2D eigenvalue weighted by atomic mass is 19.1. The molecule has 1 aromatic rings. The van der Waals surface area contributed by atoms with Gasteiger partial charge in [-0.05, 0) is 68.5 Å². The van der Waals surface area contributed by atoms with Gasteiger partial charge in [0.2, 0.25) is 0 Å². The molecule has 94 valence electrons. The molecule has 0 aliphatic heterocycles. The summed E-state index contributed by atoms with van der Waals surface area (Å²) in [5, 5.41) is 3.18. The van der Waals surface area contributed by atoms with Crippen LogP contribution in [-0.2, 0) is 6.42 Å². The highest BCUT2D eigenvalue weighted by Gasteiger charge is 2.27. The molecule has 0 aromatic heterocycles. The van der Waals surface area contributed by atoms with Crippen LogP contribution in [0.2, 0.25) is 0 Å². The van der Waals surface area contributed by atoms with E-state index in [4.69, 9.17) is 0 Å². The van der Waals surface area contributed by atoms with Crippen molar-refractivity contribution in [3.8, 4) is 0 Å². The maximum absolute atomic E-state index is 13.6. The van der Waals surface area contributed by atoms with Gasteiger partial charge in [-0.2, -0.15) is 0 Å². The van der Waals surface area contributed by atoms with Gasteiger partial charge in [-0.15, -0.1) is 0 Å². The maximum atomic E-state index is 13.6. The standard InChI is InChI=1S/C14H19F2N/c1-17-9-11-4-2-3-10(11)7-12-8-13(15)5-6-14(12)16/h5-6,8,10-11,17H,2-4,7,9H2,1H3. The Bertz CT molecular complexity index is 378. The van der Waals surface area contributed by atoms with Gasteiger partial charge in [0.1, 0.15) is 11.6 Å². The molecule has 1 aromatic carbocycles. The molecule has 2 atom stereocenters. The summed E-state index contributed by atoms with van der Waals surface area (Å²) in [4.78, 5) is 0. The molecule has 1 nitrogen and oxygen atoms in total. The molecule has 0 amide bonds. The normalized spacial score (nSPS) is 24.2. The predicted molar refractivity (Wildman–Crippen MR) is 64.8 cm³/mol. The van der Waals surface area contributed by atoms with Crippen LogP contribution in [0, 0.1) is 23.5 Å². The van der Waals surface area contributed by atoms with E-state index < -0.39 is 0 Å². The SMILES string of the molecule is CNCC1CCCC1Cc1cc(F)ccc1F. The summed E-state index contributed by atoms with van der Waals surface area (Å²) in [5.74, 6) is 0.465. The molecule has 1 fully saturated rings. The smallest absolute Gasteiger partial charge is 0.126 e. The van der Waals surface area contributed by atoms with E-state index in [1.807, 2.05) is 7.05 Å². The number of nitrogens with one attached hydrogen (secondary N) is 1. The third-order valence-electron chi connectivity index (χ3n) is 3.77. The van der Waals surface area contributed by atoms with Crippen LogP contribution in [0.1, 0.15) is 24.8 Å². The Morgan fingerprint density at radius 2 is 2.00 bits per heavy atom. The van der Waals surface area contributed by atoms with Gasteiger partial charge < -0.3 is 5.32 Å². The van der Waals surface area contributed by atoms with Gasteiger partial charge in [-0.1, -0.05) is 6.42 Å². The monoisotopic (exact) mass is 239 g/mol. The summed E-state index contributed by atoms with van der Waals surface area (Å²) >= 11 is 0. The third kappa shape index (κ3) is 3.03. The van der Waals surface area contributed by atoms with Crippen LogP contribution in [0.15, 0.2) is 18.2 Å². The summed E-state index contributed by atoms with van der Waals surface area (Å²) in [7, 11) is 1.94. The molecule has 0 spiro atoms. The second-order valence-electron chi connectivity index (χ2n) is 4.95. The highest BCUT2D eigenvalue weighted by Crippen LogP contribution is 2.34. The molecule has 1 aliphatic rings. The summed E-state index contributed by atoms with van der Waals surface area (Å²) < 4.78 is 26.6. The van der Waals surface area contributed by atoms with Crippen molar-refractivity contribution in [3.63, 3.8) is 0 Å². The van der Waals surface area contributed by atoms with E-state index in [1.165, 1.54) is 31.0 Å². The van der Waals surface area contributed by atoms with Crippen LogP contribution in [0.25, 0.3) is 0 Å².